The zero-order valence-corrected chi connectivity index (χ0v) is 13.2. The number of hydrogen-bond donors (Lipinski definition) is 2. The average Bonchev–Trinajstić information content (AvgIpc) is 2.37. The Morgan fingerprint density at radius 3 is 2.48 bits per heavy atom. The molecule has 3 N–H and O–H groups in total. The maximum absolute atomic E-state index is 13.0. The van der Waals surface area contributed by atoms with Crippen molar-refractivity contribution in [3.8, 4) is 0 Å². The molecule has 1 unspecified atom stereocenters. The van der Waals surface area contributed by atoms with E-state index in [1.54, 1.807) is 0 Å². The SMILES string of the molecule is CC(N)CCC(=O)NCC1(c2ccc(F)cc2)CCC1.Cl. The lowest BCUT2D eigenvalue weighted by atomic mass is 9.64. The van der Waals surface area contributed by atoms with E-state index in [0.29, 0.717) is 19.4 Å². The van der Waals surface area contributed by atoms with E-state index in [0.717, 1.165) is 24.8 Å². The fourth-order valence-corrected chi connectivity index (χ4v) is 2.69. The molecule has 1 fully saturated rings. The summed E-state index contributed by atoms with van der Waals surface area (Å²) in [5, 5.41) is 3.01. The van der Waals surface area contributed by atoms with Crippen molar-refractivity contribution in [2.24, 2.45) is 5.73 Å². The van der Waals surface area contributed by atoms with E-state index in [1.807, 2.05) is 19.1 Å². The standard InChI is InChI=1S/C16H23FN2O.ClH/c1-12(18)3-8-15(20)19-11-16(9-2-10-16)13-4-6-14(17)7-5-13;/h4-7,12H,2-3,8-11,18H2,1H3,(H,19,20);1H. The highest BCUT2D eigenvalue weighted by Gasteiger charge is 2.38. The van der Waals surface area contributed by atoms with Gasteiger partial charge in [0.1, 0.15) is 5.82 Å². The Morgan fingerprint density at radius 2 is 2.00 bits per heavy atom. The number of hydrogen-bond acceptors (Lipinski definition) is 2. The molecule has 0 saturated heterocycles. The summed E-state index contributed by atoms with van der Waals surface area (Å²) in [6, 6.07) is 6.71. The minimum Gasteiger partial charge on any atom is -0.355 e. The summed E-state index contributed by atoms with van der Waals surface area (Å²) in [6.07, 6.45) is 4.43. The van der Waals surface area contributed by atoms with Gasteiger partial charge in [0.15, 0.2) is 0 Å². The number of nitrogens with one attached hydrogen (secondary N) is 1. The fourth-order valence-electron chi connectivity index (χ4n) is 2.69. The van der Waals surface area contributed by atoms with Crippen LogP contribution in [-0.2, 0) is 10.2 Å². The second kappa shape index (κ2) is 7.76. The first kappa shape index (κ1) is 17.9. The van der Waals surface area contributed by atoms with Crippen LogP contribution >= 0.6 is 12.4 Å². The monoisotopic (exact) mass is 314 g/mol. The molecule has 21 heavy (non-hydrogen) atoms. The van der Waals surface area contributed by atoms with Gasteiger partial charge < -0.3 is 11.1 Å². The molecular formula is C16H24ClFN2O. The van der Waals surface area contributed by atoms with Crippen molar-refractivity contribution in [2.75, 3.05) is 6.54 Å². The zero-order chi connectivity index (χ0) is 14.6. The summed E-state index contributed by atoms with van der Waals surface area (Å²) < 4.78 is 13.0. The lowest BCUT2D eigenvalue weighted by Crippen LogP contribution is -2.45. The van der Waals surface area contributed by atoms with Crippen molar-refractivity contribution in [1.29, 1.82) is 0 Å². The Labute approximate surface area is 131 Å². The first-order valence-electron chi connectivity index (χ1n) is 7.30. The molecule has 2 rings (SSSR count). The van der Waals surface area contributed by atoms with Crippen LogP contribution in [0.3, 0.4) is 0 Å². The van der Waals surface area contributed by atoms with Crippen molar-refractivity contribution in [1.82, 2.24) is 5.32 Å². The number of rotatable bonds is 6. The number of benzene rings is 1. The van der Waals surface area contributed by atoms with Crippen molar-refractivity contribution < 1.29 is 9.18 Å². The maximum Gasteiger partial charge on any atom is 0.220 e. The van der Waals surface area contributed by atoms with Gasteiger partial charge in [-0.15, -0.1) is 12.4 Å². The van der Waals surface area contributed by atoms with Gasteiger partial charge in [-0.3, -0.25) is 4.79 Å². The van der Waals surface area contributed by atoms with Gasteiger partial charge in [0.05, 0.1) is 0 Å². The normalized spacial score (nSPS) is 17.3. The van der Waals surface area contributed by atoms with Gasteiger partial charge in [0, 0.05) is 24.4 Å². The molecule has 0 aliphatic heterocycles. The molecule has 1 aliphatic carbocycles. The third kappa shape index (κ3) is 4.68. The first-order chi connectivity index (χ1) is 9.52. The lowest BCUT2D eigenvalue weighted by Gasteiger charge is -2.42. The van der Waals surface area contributed by atoms with Crippen LogP contribution in [0.1, 0.15) is 44.6 Å². The molecule has 1 atom stereocenters. The minimum atomic E-state index is -0.218. The number of halogens is 2. The third-order valence-corrected chi connectivity index (χ3v) is 4.22. The third-order valence-electron chi connectivity index (χ3n) is 4.22. The Balaban J connectivity index is 0.00000220. The summed E-state index contributed by atoms with van der Waals surface area (Å²) in [7, 11) is 0. The van der Waals surface area contributed by atoms with Crippen LogP contribution in [0, 0.1) is 5.82 Å². The molecule has 1 aromatic carbocycles. The van der Waals surface area contributed by atoms with Gasteiger partial charge in [-0.05, 0) is 43.9 Å². The molecule has 0 bridgehead atoms. The molecule has 1 aromatic rings. The Morgan fingerprint density at radius 1 is 1.38 bits per heavy atom. The smallest absolute Gasteiger partial charge is 0.220 e. The van der Waals surface area contributed by atoms with Gasteiger partial charge in [-0.2, -0.15) is 0 Å². The molecule has 1 amide bonds. The first-order valence-corrected chi connectivity index (χ1v) is 7.30. The molecule has 0 aromatic heterocycles. The second-order valence-corrected chi connectivity index (χ2v) is 5.93. The van der Waals surface area contributed by atoms with E-state index in [9.17, 15) is 9.18 Å². The fraction of sp³-hybridized carbons (Fsp3) is 0.562. The highest BCUT2D eigenvalue weighted by atomic mass is 35.5. The summed E-state index contributed by atoms with van der Waals surface area (Å²) >= 11 is 0. The molecule has 0 radical (unpaired) electrons. The van der Waals surface area contributed by atoms with Crippen molar-refractivity contribution >= 4 is 18.3 Å². The van der Waals surface area contributed by atoms with E-state index in [4.69, 9.17) is 5.73 Å². The summed E-state index contributed by atoms with van der Waals surface area (Å²) in [4.78, 5) is 11.8. The van der Waals surface area contributed by atoms with E-state index in [2.05, 4.69) is 5.32 Å². The van der Waals surface area contributed by atoms with Gasteiger partial charge in [0.2, 0.25) is 5.91 Å². The second-order valence-electron chi connectivity index (χ2n) is 5.93. The zero-order valence-electron chi connectivity index (χ0n) is 12.4. The predicted octanol–water partition coefficient (Wildman–Crippen LogP) is 2.91. The number of carbonyl (C=O) groups is 1. The van der Waals surface area contributed by atoms with E-state index < -0.39 is 0 Å². The molecule has 118 valence electrons. The highest BCUT2D eigenvalue weighted by Crippen LogP contribution is 2.43. The van der Waals surface area contributed by atoms with E-state index in [-0.39, 0.29) is 35.6 Å². The molecule has 0 spiro atoms. The maximum atomic E-state index is 13.0. The minimum absolute atomic E-state index is 0. The molecule has 3 nitrogen and oxygen atoms in total. The Kier molecular flexibility index (Phi) is 6.62. The number of nitrogens with two attached hydrogens (primary N) is 1. The van der Waals surface area contributed by atoms with Crippen LogP contribution in [0.5, 0.6) is 0 Å². The van der Waals surface area contributed by atoms with Gasteiger partial charge in [-0.1, -0.05) is 18.6 Å². The van der Waals surface area contributed by atoms with Crippen LogP contribution in [0.15, 0.2) is 24.3 Å². The highest BCUT2D eigenvalue weighted by molar-refractivity contribution is 5.85. The molecule has 1 saturated carbocycles. The van der Waals surface area contributed by atoms with Crippen LogP contribution in [0.4, 0.5) is 4.39 Å². The lowest BCUT2D eigenvalue weighted by molar-refractivity contribution is -0.121. The summed E-state index contributed by atoms with van der Waals surface area (Å²) in [5.74, 6) is -0.167. The van der Waals surface area contributed by atoms with Gasteiger partial charge in [-0.25, -0.2) is 4.39 Å². The van der Waals surface area contributed by atoms with Gasteiger partial charge in [0.25, 0.3) is 0 Å². The summed E-state index contributed by atoms with van der Waals surface area (Å²) in [6.45, 7) is 2.54. The molecule has 5 heteroatoms. The molecule has 0 heterocycles. The Bertz CT molecular complexity index is 458. The van der Waals surface area contributed by atoms with Crippen LogP contribution in [0.25, 0.3) is 0 Å². The molecular weight excluding hydrogens is 291 g/mol. The van der Waals surface area contributed by atoms with E-state index >= 15 is 0 Å². The number of carbonyl (C=O) groups excluding carboxylic acids is 1. The van der Waals surface area contributed by atoms with E-state index in [1.165, 1.54) is 12.1 Å². The van der Waals surface area contributed by atoms with Crippen LogP contribution < -0.4 is 11.1 Å². The quantitative estimate of drug-likeness (QED) is 0.848. The number of amides is 1. The van der Waals surface area contributed by atoms with Gasteiger partial charge >= 0.3 is 0 Å². The predicted molar refractivity (Wildman–Crippen MR) is 85.1 cm³/mol. The van der Waals surface area contributed by atoms with Crippen molar-refractivity contribution in [2.45, 2.75) is 50.5 Å². The average molecular weight is 315 g/mol. The van der Waals surface area contributed by atoms with Crippen molar-refractivity contribution in [3.63, 3.8) is 0 Å². The van der Waals surface area contributed by atoms with Crippen LogP contribution in [-0.4, -0.2) is 18.5 Å². The summed E-state index contributed by atoms with van der Waals surface area (Å²) in [5.41, 5.74) is 6.77. The van der Waals surface area contributed by atoms with Crippen LogP contribution in [0.2, 0.25) is 0 Å². The molecule has 1 aliphatic rings. The Hall–Kier alpha value is -1.13. The topological polar surface area (TPSA) is 55.1 Å². The largest absolute Gasteiger partial charge is 0.355 e. The van der Waals surface area contributed by atoms with Crippen molar-refractivity contribution in [3.05, 3.63) is 35.6 Å².